The Morgan fingerprint density at radius 3 is 2.68 bits per heavy atom. The number of para-hydroxylation sites is 1. The van der Waals surface area contributed by atoms with Crippen molar-refractivity contribution in [3.63, 3.8) is 0 Å². The zero-order valence-corrected chi connectivity index (χ0v) is 16.0. The van der Waals surface area contributed by atoms with Crippen molar-refractivity contribution in [3.05, 3.63) is 54.6 Å². The van der Waals surface area contributed by atoms with Crippen molar-refractivity contribution in [1.82, 2.24) is 10.3 Å². The van der Waals surface area contributed by atoms with E-state index < -0.39 is 0 Å². The van der Waals surface area contributed by atoms with Crippen molar-refractivity contribution < 1.29 is 14.3 Å². The molecule has 0 spiro atoms. The number of likely N-dealkylation sites (tertiary alicyclic amines) is 1. The highest BCUT2D eigenvalue weighted by Crippen LogP contribution is 2.32. The van der Waals surface area contributed by atoms with E-state index in [0.29, 0.717) is 24.5 Å². The number of anilines is 2. The lowest BCUT2D eigenvalue weighted by Gasteiger charge is -2.36. The molecule has 3 unspecified atom stereocenters. The molecule has 2 aliphatic rings. The number of nitrogens with zero attached hydrogens (tertiary/aromatic N) is 2. The average Bonchev–Trinajstić information content (AvgIpc) is 3.04. The predicted molar refractivity (Wildman–Crippen MR) is 107 cm³/mol. The van der Waals surface area contributed by atoms with Crippen molar-refractivity contribution in [2.24, 2.45) is 11.8 Å². The van der Waals surface area contributed by atoms with Gasteiger partial charge < -0.3 is 15.0 Å². The first-order chi connectivity index (χ1) is 13.6. The van der Waals surface area contributed by atoms with E-state index >= 15 is 0 Å². The number of carbonyl (C=O) groups excluding carboxylic acids is 2. The molecule has 2 heterocycles. The van der Waals surface area contributed by atoms with Gasteiger partial charge in [-0.05, 0) is 31.3 Å². The molecule has 7 nitrogen and oxygen atoms in total. The summed E-state index contributed by atoms with van der Waals surface area (Å²) in [5.41, 5.74) is 4.76. The molecule has 0 bridgehead atoms. The zero-order valence-electron chi connectivity index (χ0n) is 16.0. The van der Waals surface area contributed by atoms with Crippen LogP contribution in [0, 0.1) is 11.8 Å². The molecule has 28 heavy (non-hydrogen) atoms. The maximum absolute atomic E-state index is 13.1. The highest BCUT2D eigenvalue weighted by molar-refractivity contribution is 6.00. The number of carbonyl (C=O) groups is 2. The first kappa shape index (κ1) is 18.5. The van der Waals surface area contributed by atoms with Crippen LogP contribution in [0.15, 0.2) is 54.6 Å². The number of benzene rings is 2. The first-order valence-corrected chi connectivity index (χ1v) is 9.35. The average molecular weight is 380 g/mol. The molecule has 0 aliphatic carbocycles. The summed E-state index contributed by atoms with van der Waals surface area (Å²) in [5, 5.41) is 4.56. The monoisotopic (exact) mass is 380 g/mol. The van der Waals surface area contributed by atoms with Gasteiger partial charge in [-0.25, -0.2) is 10.4 Å². The minimum atomic E-state index is -0.354. The standard InChI is InChI=1S/C21H24N4O3/c1-24-12-17(20(26)22-14-7-6-10-16(11-14)28-2)19-18(13-24)21(27)25(23-19)15-8-4-3-5-9-15/h3-11,17-19,23H,12-13H2,1-2H3,(H,22,26). The molecule has 2 saturated heterocycles. The molecular formula is C21H24N4O3. The van der Waals surface area contributed by atoms with E-state index in [-0.39, 0.29) is 29.7 Å². The number of ether oxygens (including phenoxy) is 1. The van der Waals surface area contributed by atoms with Gasteiger partial charge in [-0.3, -0.25) is 9.59 Å². The van der Waals surface area contributed by atoms with E-state index in [9.17, 15) is 9.59 Å². The van der Waals surface area contributed by atoms with Gasteiger partial charge >= 0.3 is 0 Å². The summed E-state index contributed by atoms with van der Waals surface area (Å²) in [4.78, 5) is 28.1. The zero-order chi connectivity index (χ0) is 19.7. The van der Waals surface area contributed by atoms with Crippen LogP contribution in [0.1, 0.15) is 0 Å². The number of piperidine rings is 1. The molecule has 4 rings (SSSR count). The minimum absolute atomic E-state index is 0.00179. The lowest BCUT2D eigenvalue weighted by atomic mass is 9.84. The third kappa shape index (κ3) is 3.46. The van der Waals surface area contributed by atoms with Gasteiger partial charge in [0, 0.05) is 24.8 Å². The summed E-state index contributed by atoms with van der Waals surface area (Å²) < 4.78 is 5.22. The Labute approximate surface area is 164 Å². The molecule has 2 aliphatic heterocycles. The fraction of sp³-hybridized carbons (Fsp3) is 0.333. The second-order valence-corrected chi connectivity index (χ2v) is 7.32. The SMILES string of the molecule is COc1cccc(NC(=O)C2CN(C)CC3C(=O)N(c4ccccc4)NC23)c1. The van der Waals surface area contributed by atoms with Gasteiger partial charge in [-0.1, -0.05) is 24.3 Å². The summed E-state index contributed by atoms with van der Waals surface area (Å²) in [6, 6.07) is 16.5. The highest BCUT2D eigenvalue weighted by atomic mass is 16.5. The van der Waals surface area contributed by atoms with E-state index in [1.807, 2.05) is 60.5 Å². The number of fused-ring (bicyclic) bond motifs is 1. The Morgan fingerprint density at radius 2 is 1.93 bits per heavy atom. The Morgan fingerprint density at radius 1 is 1.14 bits per heavy atom. The van der Waals surface area contributed by atoms with Crippen LogP contribution in [0.25, 0.3) is 0 Å². The van der Waals surface area contributed by atoms with Gasteiger partial charge in [0.1, 0.15) is 5.75 Å². The van der Waals surface area contributed by atoms with Crippen LogP contribution in [0.2, 0.25) is 0 Å². The van der Waals surface area contributed by atoms with Crippen LogP contribution >= 0.6 is 0 Å². The van der Waals surface area contributed by atoms with E-state index in [0.717, 1.165) is 5.69 Å². The number of rotatable bonds is 4. The van der Waals surface area contributed by atoms with Gasteiger partial charge in [0.2, 0.25) is 11.8 Å². The number of methoxy groups -OCH3 is 1. The normalized spacial score (nSPS) is 24.7. The van der Waals surface area contributed by atoms with Crippen molar-refractivity contribution >= 4 is 23.2 Å². The summed E-state index contributed by atoms with van der Waals surface area (Å²) in [5.74, 6) is -0.0413. The molecule has 2 aromatic rings. The number of hydrogen-bond donors (Lipinski definition) is 2. The van der Waals surface area contributed by atoms with Crippen molar-refractivity contribution in [2.45, 2.75) is 6.04 Å². The Bertz CT molecular complexity index is 873. The molecule has 7 heteroatoms. The van der Waals surface area contributed by atoms with Crippen LogP contribution in [-0.2, 0) is 9.59 Å². The smallest absolute Gasteiger partial charge is 0.247 e. The quantitative estimate of drug-likeness (QED) is 0.845. The summed E-state index contributed by atoms with van der Waals surface area (Å²) in [7, 11) is 3.54. The van der Waals surface area contributed by atoms with Crippen LogP contribution < -0.4 is 20.5 Å². The Hall–Kier alpha value is -2.90. The summed E-state index contributed by atoms with van der Waals surface area (Å²) >= 11 is 0. The molecule has 2 fully saturated rings. The fourth-order valence-corrected chi connectivity index (χ4v) is 4.00. The summed E-state index contributed by atoms with van der Waals surface area (Å²) in [6.07, 6.45) is 0. The number of hydrazine groups is 1. The maximum Gasteiger partial charge on any atom is 0.247 e. The van der Waals surface area contributed by atoms with Gasteiger partial charge in [-0.2, -0.15) is 0 Å². The second kappa shape index (κ2) is 7.61. The number of amides is 2. The van der Waals surface area contributed by atoms with Crippen molar-refractivity contribution in [3.8, 4) is 5.75 Å². The molecule has 146 valence electrons. The molecule has 2 aromatic carbocycles. The predicted octanol–water partition coefficient (Wildman–Crippen LogP) is 1.73. The lowest BCUT2D eigenvalue weighted by Crippen LogP contribution is -2.55. The van der Waals surface area contributed by atoms with Crippen molar-refractivity contribution in [1.29, 1.82) is 0 Å². The lowest BCUT2D eigenvalue weighted by molar-refractivity contribution is -0.125. The van der Waals surface area contributed by atoms with Crippen molar-refractivity contribution in [2.75, 3.05) is 37.6 Å². The molecule has 3 atom stereocenters. The molecule has 0 saturated carbocycles. The van der Waals surface area contributed by atoms with E-state index in [4.69, 9.17) is 4.74 Å². The molecule has 0 aromatic heterocycles. The van der Waals surface area contributed by atoms with Crippen LogP contribution in [0.3, 0.4) is 0 Å². The summed E-state index contributed by atoms with van der Waals surface area (Å²) in [6.45, 7) is 1.21. The van der Waals surface area contributed by atoms with E-state index in [1.165, 1.54) is 0 Å². The third-order valence-corrected chi connectivity index (χ3v) is 5.39. The second-order valence-electron chi connectivity index (χ2n) is 7.32. The molecule has 2 amide bonds. The Balaban J connectivity index is 1.55. The number of hydrogen-bond acceptors (Lipinski definition) is 5. The topological polar surface area (TPSA) is 73.9 Å². The van der Waals surface area contributed by atoms with Gasteiger partial charge in [0.05, 0.1) is 30.7 Å². The van der Waals surface area contributed by atoms with Crippen LogP contribution in [0.5, 0.6) is 5.75 Å². The van der Waals surface area contributed by atoms with Gasteiger partial charge in [-0.15, -0.1) is 0 Å². The van der Waals surface area contributed by atoms with E-state index in [1.54, 1.807) is 18.2 Å². The molecule has 0 radical (unpaired) electrons. The highest BCUT2D eigenvalue weighted by Gasteiger charge is 2.50. The largest absolute Gasteiger partial charge is 0.497 e. The first-order valence-electron chi connectivity index (χ1n) is 9.35. The Kier molecular flexibility index (Phi) is 5.02. The van der Waals surface area contributed by atoms with Gasteiger partial charge in [0.15, 0.2) is 0 Å². The van der Waals surface area contributed by atoms with Crippen LogP contribution in [0.4, 0.5) is 11.4 Å². The molecule has 2 N–H and O–H groups in total. The minimum Gasteiger partial charge on any atom is -0.497 e. The maximum atomic E-state index is 13.1. The number of nitrogens with one attached hydrogen (secondary N) is 2. The molecular weight excluding hydrogens is 356 g/mol. The fourth-order valence-electron chi connectivity index (χ4n) is 4.00. The van der Waals surface area contributed by atoms with Gasteiger partial charge in [0.25, 0.3) is 0 Å². The third-order valence-electron chi connectivity index (χ3n) is 5.39. The van der Waals surface area contributed by atoms with Crippen LogP contribution in [-0.4, -0.2) is 50.0 Å². The van der Waals surface area contributed by atoms with E-state index in [2.05, 4.69) is 10.7 Å².